The lowest BCUT2D eigenvalue weighted by Gasteiger charge is -2.35. The van der Waals surface area contributed by atoms with Crippen LogP contribution >= 0.6 is 23.2 Å². The number of nitrogens with one attached hydrogen (secondary N) is 2. The van der Waals surface area contributed by atoms with E-state index in [4.69, 9.17) is 32.7 Å². The number of carbonyl (C=O) groups excluding carboxylic acids is 2. The zero-order chi connectivity index (χ0) is 30.3. The summed E-state index contributed by atoms with van der Waals surface area (Å²) in [6.45, 7) is 8.01. The number of nitrogens with zero attached hydrogens (tertiary/aromatic N) is 8. The molecule has 43 heavy (non-hydrogen) atoms. The molecule has 0 bridgehead atoms. The van der Waals surface area contributed by atoms with Gasteiger partial charge in [0.1, 0.15) is 0 Å². The zero-order valence-corrected chi connectivity index (χ0v) is 25.6. The van der Waals surface area contributed by atoms with Crippen LogP contribution in [-0.4, -0.2) is 126 Å². The number of amides is 2. The van der Waals surface area contributed by atoms with Gasteiger partial charge in [-0.25, -0.2) is 9.67 Å². The maximum absolute atomic E-state index is 13.3. The molecule has 0 aliphatic carbocycles. The monoisotopic (exact) mass is 632 g/mol. The van der Waals surface area contributed by atoms with Crippen LogP contribution in [0.25, 0.3) is 5.69 Å². The van der Waals surface area contributed by atoms with Crippen LogP contribution in [-0.2, 0) is 4.74 Å². The number of likely N-dealkylation sites (N-methyl/N-ethyl adjacent to an activating group) is 1. The molecule has 5 rings (SSSR count). The third kappa shape index (κ3) is 7.70. The van der Waals surface area contributed by atoms with Gasteiger partial charge in [-0.2, -0.15) is 4.98 Å². The highest BCUT2D eigenvalue weighted by atomic mass is 35.5. The van der Waals surface area contributed by atoms with E-state index in [1.165, 1.54) is 11.8 Å². The first-order valence-corrected chi connectivity index (χ1v) is 14.7. The Morgan fingerprint density at radius 3 is 2.53 bits per heavy atom. The molecular formula is C27H34Cl2N10O4. The van der Waals surface area contributed by atoms with Crippen LogP contribution in [0.3, 0.4) is 0 Å². The third-order valence-electron chi connectivity index (χ3n) is 7.29. The molecule has 0 radical (unpaired) electrons. The second-order valence-electron chi connectivity index (χ2n) is 10.2. The van der Waals surface area contributed by atoms with Crippen LogP contribution < -0.4 is 20.3 Å². The van der Waals surface area contributed by atoms with Crippen molar-refractivity contribution in [2.45, 2.75) is 6.42 Å². The van der Waals surface area contributed by atoms with E-state index in [0.29, 0.717) is 17.9 Å². The number of aromatic nitrogens is 5. The van der Waals surface area contributed by atoms with Gasteiger partial charge in [0.2, 0.25) is 0 Å². The van der Waals surface area contributed by atoms with Crippen molar-refractivity contribution < 1.29 is 19.1 Å². The molecule has 1 aromatic carbocycles. The lowest BCUT2D eigenvalue weighted by Crippen LogP contribution is -2.44. The molecule has 16 heteroatoms. The molecule has 2 saturated heterocycles. The van der Waals surface area contributed by atoms with Crippen LogP contribution in [0.5, 0.6) is 5.88 Å². The van der Waals surface area contributed by atoms with Crippen LogP contribution in [0.4, 0.5) is 11.4 Å². The molecule has 230 valence electrons. The number of halogens is 2. The van der Waals surface area contributed by atoms with E-state index in [2.05, 4.69) is 52.7 Å². The molecule has 2 aromatic heterocycles. The molecule has 2 aliphatic rings. The average molecular weight is 634 g/mol. The number of ether oxygens (including phenoxy) is 2. The van der Waals surface area contributed by atoms with Crippen LogP contribution in [0.2, 0.25) is 10.3 Å². The average Bonchev–Trinajstić information content (AvgIpc) is 3.52. The molecule has 0 saturated carbocycles. The maximum atomic E-state index is 13.3. The first-order chi connectivity index (χ1) is 20.8. The van der Waals surface area contributed by atoms with Gasteiger partial charge >= 0.3 is 0 Å². The van der Waals surface area contributed by atoms with Gasteiger partial charge in [-0.3, -0.25) is 14.5 Å². The van der Waals surface area contributed by atoms with E-state index in [9.17, 15) is 9.59 Å². The topological polar surface area (TPSA) is 143 Å². The van der Waals surface area contributed by atoms with Crippen molar-refractivity contribution in [1.82, 2.24) is 40.1 Å². The van der Waals surface area contributed by atoms with Crippen molar-refractivity contribution in [1.29, 1.82) is 0 Å². The molecular weight excluding hydrogens is 599 g/mol. The summed E-state index contributed by atoms with van der Waals surface area (Å²) in [6, 6.07) is 5.52. The lowest BCUT2D eigenvalue weighted by molar-refractivity contribution is 0.0374. The third-order valence-corrected chi connectivity index (χ3v) is 7.80. The standard InChI is InChI=1S/C27H34Cl2N10O4/c1-36-8-10-38(11-9-36)21-5-4-18(16-19(21)31-26(41)22-23(28)33-27(42-2)24(29)32-22)39-17-20(34-35-39)25(40)30-6-3-7-37-12-14-43-15-13-37/h4-5,16-17H,3,6-15H2,1-2H3,(H,30,40)(H,31,41). The van der Waals surface area contributed by atoms with Gasteiger partial charge in [-0.05, 0) is 38.2 Å². The van der Waals surface area contributed by atoms with Gasteiger partial charge < -0.3 is 29.9 Å². The van der Waals surface area contributed by atoms with Crippen molar-refractivity contribution >= 4 is 46.4 Å². The Balaban J connectivity index is 1.32. The molecule has 3 aromatic rings. The van der Waals surface area contributed by atoms with Gasteiger partial charge in [-0.15, -0.1) is 5.10 Å². The molecule has 2 fully saturated rings. The second-order valence-corrected chi connectivity index (χ2v) is 10.9. The van der Waals surface area contributed by atoms with Gasteiger partial charge in [0.05, 0.1) is 43.6 Å². The van der Waals surface area contributed by atoms with Crippen molar-refractivity contribution in [2.75, 3.05) is 89.9 Å². The predicted octanol–water partition coefficient (Wildman–Crippen LogP) is 1.83. The van der Waals surface area contributed by atoms with E-state index < -0.39 is 5.91 Å². The normalized spacial score (nSPS) is 16.2. The fraction of sp³-hybridized carbons (Fsp3) is 0.481. The molecule has 4 heterocycles. The number of carbonyl (C=O) groups is 2. The Bertz CT molecular complexity index is 1440. The number of anilines is 2. The number of hydrogen-bond acceptors (Lipinski definition) is 11. The summed E-state index contributed by atoms with van der Waals surface area (Å²) in [6.07, 6.45) is 2.38. The first kappa shape index (κ1) is 30.9. The molecule has 2 amide bonds. The summed E-state index contributed by atoms with van der Waals surface area (Å²) in [5, 5.41) is 13.8. The van der Waals surface area contributed by atoms with Crippen molar-refractivity contribution in [2.24, 2.45) is 0 Å². The van der Waals surface area contributed by atoms with Crippen molar-refractivity contribution in [3.05, 3.63) is 46.1 Å². The Hall–Kier alpha value is -3.56. The Morgan fingerprint density at radius 2 is 1.79 bits per heavy atom. The molecule has 0 spiro atoms. The number of piperazine rings is 1. The van der Waals surface area contributed by atoms with Gasteiger partial charge in [0.15, 0.2) is 21.7 Å². The highest BCUT2D eigenvalue weighted by Crippen LogP contribution is 2.31. The minimum absolute atomic E-state index is 0.0199. The van der Waals surface area contributed by atoms with E-state index in [1.54, 1.807) is 12.3 Å². The van der Waals surface area contributed by atoms with Crippen molar-refractivity contribution in [3.63, 3.8) is 0 Å². The zero-order valence-electron chi connectivity index (χ0n) is 24.1. The summed E-state index contributed by atoms with van der Waals surface area (Å²) < 4.78 is 11.9. The lowest BCUT2D eigenvalue weighted by atomic mass is 10.2. The highest BCUT2D eigenvalue weighted by molar-refractivity contribution is 6.34. The Kier molecular flexibility index (Phi) is 10.3. The fourth-order valence-corrected chi connectivity index (χ4v) is 5.25. The smallest absolute Gasteiger partial charge is 0.277 e. The van der Waals surface area contributed by atoms with Gasteiger partial charge in [0, 0.05) is 45.8 Å². The number of rotatable bonds is 10. The van der Waals surface area contributed by atoms with E-state index in [1.807, 2.05) is 12.1 Å². The van der Waals surface area contributed by atoms with Crippen LogP contribution in [0.15, 0.2) is 24.4 Å². The number of hydrogen-bond donors (Lipinski definition) is 2. The summed E-state index contributed by atoms with van der Waals surface area (Å²) in [5.41, 5.74) is 1.95. The van der Waals surface area contributed by atoms with Gasteiger partial charge in [-0.1, -0.05) is 28.4 Å². The number of morpholine rings is 1. The summed E-state index contributed by atoms with van der Waals surface area (Å²) in [7, 11) is 3.45. The van der Waals surface area contributed by atoms with Crippen LogP contribution in [0.1, 0.15) is 27.4 Å². The molecule has 2 aliphatic heterocycles. The van der Waals surface area contributed by atoms with Crippen LogP contribution in [0, 0.1) is 0 Å². The largest absolute Gasteiger partial charge is 0.479 e. The molecule has 0 atom stereocenters. The number of methoxy groups -OCH3 is 1. The Morgan fingerprint density at radius 1 is 1.02 bits per heavy atom. The molecule has 2 N–H and O–H groups in total. The second kappa shape index (κ2) is 14.3. The summed E-state index contributed by atoms with van der Waals surface area (Å²) >= 11 is 12.3. The van der Waals surface area contributed by atoms with E-state index in [-0.39, 0.29) is 33.5 Å². The minimum Gasteiger partial charge on any atom is -0.479 e. The van der Waals surface area contributed by atoms with Crippen molar-refractivity contribution in [3.8, 4) is 11.6 Å². The van der Waals surface area contributed by atoms with Gasteiger partial charge in [0.25, 0.3) is 17.7 Å². The predicted molar refractivity (Wildman–Crippen MR) is 162 cm³/mol. The molecule has 14 nitrogen and oxygen atoms in total. The van der Waals surface area contributed by atoms with E-state index in [0.717, 1.165) is 71.1 Å². The first-order valence-electron chi connectivity index (χ1n) is 14.0. The minimum atomic E-state index is -0.592. The molecule has 0 unspecified atom stereocenters. The number of benzene rings is 1. The maximum Gasteiger partial charge on any atom is 0.277 e. The SMILES string of the molecule is COc1nc(Cl)c(C(=O)Nc2cc(-n3cc(C(=O)NCCCN4CCOCC4)nn3)ccc2N2CCN(C)CC2)nc1Cl. The summed E-state index contributed by atoms with van der Waals surface area (Å²) in [4.78, 5) is 40.9. The quantitative estimate of drug-likeness (QED) is 0.316. The Labute approximate surface area is 259 Å². The highest BCUT2D eigenvalue weighted by Gasteiger charge is 2.23. The fourth-order valence-electron chi connectivity index (χ4n) is 4.84. The summed E-state index contributed by atoms with van der Waals surface area (Å²) in [5.74, 6) is -0.878. The van der Waals surface area contributed by atoms with E-state index >= 15 is 0 Å².